The number of benzene rings is 1. The Morgan fingerprint density at radius 1 is 1.26 bits per heavy atom. The number of urea groups is 1. The van der Waals surface area contributed by atoms with Gasteiger partial charge in [-0.15, -0.1) is 5.01 Å². The molecule has 3 rings (SSSR count). The fourth-order valence-electron chi connectivity index (χ4n) is 2.18. The lowest BCUT2D eigenvalue weighted by atomic mass is 10.1. The van der Waals surface area contributed by atoms with Gasteiger partial charge in [0.25, 0.3) is 5.91 Å². The van der Waals surface area contributed by atoms with Gasteiger partial charge in [0.2, 0.25) is 0 Å². The highest BCUT2D eigenvalue weighted by Gasteiger charge is 2.31. The highest BCUT2D eigenvalue weighted by Crippen LogP contribution is 2.26. The van der Waals surface area contributed by atoms with Crippen molar-refractivity contribution in [3.05, 3.63) is 52.2 Å². The van der Waals surface area contributed by atoms with Crippen LogP contribution < -0.4 is 5.73 Å². The van der Waals surface area contributed by atoms with E-state index >= 15 is 0 Å². The van der Waals surface area contributed by atoms with Crippen molar-refractivity contribution < 1.29 is 14.0 Å². The number of imide groups is 1. The highest BCUT2D eigenvalue weighted by molar-refractivity contribution is 9.10. The monoisotopic (exact) mass is 373 g/mol. The quantitative estimate of drug-likeness (QED) is 0.818. The Bertz CT molecular complexity index is 850. The van der Waals surface area contributed by atoms with E-state index in [0.29, 0.717) is 22.2 Å². The maximum atomic E-state index is 12.1. The zero-order valence-electron chi connectivity index (χ0n) is 12.1. The molecule has 0 spiro atoms. The van der Waals surface area contributed by atoms with Gasteiger partial charge in [0.1, 0.15) is 11.5 Å². The lowest BCUT2D eigenvalue weighted by Gasteiger charge is -2.04. The number of carbonyl (C=O) groups excluding carboxylic acids is 2. The van der Waals surface area contributed by atoms with Gasteiger partial charge in [-0.1, -0.05) is 28.1 Å². The van der Waals surface area contributed by atoms with Crippen LogP contribution in [0.2, 0.25) is 0 Å². The molecule has 0 saturated heterocycles. The number of nitrogens with two attached hydrogens (primary N) is 1. The number of nitrogens with zero attached hydrogens (tertiary/aromatic N) is 2. The molecule has 7 heteroatoms. The maximum absolute atomic E-state index is 12.1. The molecule has 1 aromatic carbocycles. The molecule has 0 atom stereocenters. The molecule has 0 fully saturated rings. The molecule has 23 heavy (non-hydrogen) atoms. The van der Waals surface area contributed by atoms with E-state index in [1.165, 1.54) is 0 Å². The van der Waals surface area contributed by atoms with E-state index in [4.69, 9.17) is 10.2 Å². The van der Waals surface area contributed by atoms with Crippen LogP contribution in [0.3, 0.4) is 0 Å². The van der Waals surface area contributed by atoms with Gasteiger partial charge >= 0.3 is 6.03 Å². The summed E-state index contributed by atoms with van der Waals surface area (Å²) in [6, 6.07) is 10.3. The Balaban J connectivity index is 1.90. The van der Waals surface area contributed by atoms with Gasteiger partial charge in [0.15, 0.2) is 0 Å². The molecule has 0 saturated carbocycles. The molecule has 6 nitrogen and oxygen atoms in total. The van der Waals surface area contributed by atoms with Gasteiger partial charge in [-0.2, -0.15) is 5.10 Å². The number of hydrogen-bond donors (Lipinski definition) is 1. The molecule has 2 aromatic rings. The molecule has 0 unspecified atom stereocenters. The van der Waals surface area contributed by atoms with Crippen molar-refractivity contribution in [1.82, 2.24) is 5.01 Å². The smallest absolute Gasteiger partial charge is 0.342 e. The number of amides is 3. The minimum atomic E-state index is -0.909. The van der Waals surface area contributed by atoms with Crippen molar-refractivity contribution in [3.8, 4) is 11.3 Å². The third kappa shape index (κ3) is 2.95. The van der Waals surface area contributed by atoms with Crippen molar-refractivity contribution in [2.24, 2.45) is 10.8 Å². The summed E-state index contributed by atoms with van der Waals surface area (Å²) in [4.78, 5) is 23.2. The van der Waals surface area contributed by atoms with Crippen LogP contribution in [0.1, 0.15) is 12.7 Å². The molecule has 2 N–H and O–H groups in total. The number of hydrogen-bond acceptors (Lipinski definition) is 4. The molecular weight excluding hydrogens is 362 g/mol. The van der Waals surface area contributed by atoms with Gasteiger partial charge in [-0.3, -0.25) is 4.79 Å². The Kier molecular flexibility index (Phi) is 3.87. The molecule has 116 valence electrons. The highest BCUT2D eigenvalue weighted by atomic mass is 79.9. The van der Waals surface area contributed by atoms with E-state index in [9.17, 15) is 9.59 Å². The summed E-state index contributed by atoms with van der Waals surface area (Å²) in [5.74, 6) is 0.611. The SMILES string of the molecule is CC1=NN(C(N)=O)C(=O)C1=Cc1ccc(-c2ccc(Br)cc2)o1. The Hall–Kier alpha value is -2.67. The second kappa shape index (κ2) is 5.85. The van der Waals surface area contributed by atoms with Crippen molar-refractivity contribution in [3.63, 3.8) is 0 Å². The van der Waals surface area contributed by atoms with Crippen LogP contribution in [-0.2, 0) is 4.79 Å². The fourth-order valence-corrected chi connectivity index (χ4v) is 2.44. The normalized spacial score (nSPS) is 16.1. The Morgan fingerprint density at radius 3 is 2.57 bits per heavy atom. The van der Waals surface area contributed by atoms with Crippen molar-refractivity contribution in [2.75, 3.05) is 0 Å². The van der Waals surface area contributed by atoms with E-state index in [2.05, 4.69) is 21.0 Å². The molecule has 0 aliphatic carbocycles. The predicted molar refractivity (Wildman–Crippen MR) is 89.4 cm³/mol. The van der Waals surface area contributed by atoms with Crippen molar-refractivity contribution >= 4 is 39.7 Å². The number of halogens is 1. The van der Waals surface area contributed by atoms with Crippen LogP contribution in [0.25, 0.3) is 17.4 Å². The number of carbonyl (C=O) groups is 2. The number of rotatable bonds is 2. The molecule has 1 aromatic heterocycles. The molecular formula is C16H12BrN3O3. The van der Waals surface area contributed by atoms with E-state index in [-0.39, 0.29) is 5.57 Å². The number of hydrazone groups is 1. The summed E-state index contributed by atoms with van der Waals surface area (Å²) >= 11 is 3.38. The van der Waals surface area contributed by atoms with E-state index in [0.717, 1.165) is 10.0 Å². The van der Waals surface area contributed by atoms with Gasteiger partial charge in [-0.05, 0) is 37.3 Å². The predicted octanol–water partition coefficient (Wildman–Crippen LogP) is 3.39. The third-order valence-corrected chi connectivity index (χ3v) is 3.84. The second-order valence-corrected chi connectivity index (χ2v) is 5.82. The first-order valence-corrected chi connectivity index (χ1v) is 7.52. The summed E-state index contributed by atoms with van der Waals surface area (Å²) in [6.07, 6.45) is 1.55. The van der Waals surface area contributed by atoms with Crippen molar-refractivity contribution in [2.45, 2.75) is 6.92 Å². The summed E-state index contributed by atoms with van der Waals surface area (Å²) in [6.45, 7) is 1.63. The summed E-state index contributed by atoms with van der Waals surface area (Å²) in [5, 5.41) is 4.47. The zero-order valence-corrected chi connectivity index (χ0v) is 13.7. The van der Waals surface area contributed by atoms with Crippen LogP contribution >= 0.6 is 15.9 Å². The molecule has 3 amide bonds. The Morgan fingerprint density at radius 2 is 1.96 bits per heavy atom. The first kappa shape index (κ1) is 15.2. The first-order valence-electron chi connectivity index (χ1n) is 6.72. The molecule has 1 aliphatic rings. The summed E-state index contributed by atoms with van der Waals surface area (Å²) < 4.78 is 6.71. The van der Waals surface area contributed by atoms with Crippen LogP contribution in [0, 0.1) is 0 Å². The average Bonchev–Trinajstić information content (AvgIpc) is 3.08. The molecule has 0 radical (unpaired) electrons. The molecule has 2 heterocycles. The summed E-state index contributed by atoms with van der Waals surface area (Å²) in [7, 11) is 0. The van der Waals surface area contributed by atoms with Gasteiger partial charge in [-0.25, -0.2) is 4.79 Å². The Labute approximate surface area is 140 Å². The van der Waals surface area contributed by atoms with E-state index in [1.54, 1.807) is 19.1 Å². The minimum Gasteiger partial charge on any atom is -0.457 e. The number of primary amides is 1. The molecule has 1 aliphatic heterocycles. The zero-order chi connectivity index (χ0) is 16.6. The lowest BCUT2D eigenvalue weighted by Crippen LogP contribution is -2.33. The first-order chi connectivity index (χ1) is 11.0. The minimum absolute atomic E-state index is 0.278. The summed E-state index contributed by atoms with van der Waals surface area (Å²) in [5.41, 5.74) is 6.71. The molecule has 0 bridgehead atoms. The lowest BCUT2D eigenvalue weighted by molar-refractivity contribution is -0.122. The van der Waals surface area contributed by atoms with Crippen LogP contribution in [0.15, 0.2) is 56.0 Å². The van der Waals surface area contributed by atoms with Gasteiger partial charge < -0.3 is 10.2 Å². The fraction of sp³-hybridized carbons (Fsp3) is 0.0625. The third-order valence-electron chi connectivity index (χ3n) is 3.31. The largest absolute Gasteiger partial charge is 0.457 e. The van der Waals surface area contributed by atoms with E-state index in [1.807, 2.05) is 30.3 Å². The van der Waals surface area contributed by atoms with E-state index < -0.39 is 11.9 Å². The topological polar surface area (TPSA) is 88.9 Å². The van der Waals surface area contributed by atoms with Gasteiger partial charge in [0, 0.05) is 10.0 Å². The second-order valence-electron chi connectivity index (χ2n) is 4.91. The number of furan rings is 1. The maximum Gasteiger partial charge on any atom is 0.342 e. The standard InChI is InChI=1S/C16H12BrN3O3/c1-9-13(15(21)20(19-9)16(18)22)8-12-6-7-14(23-12)10-2-4-11(17)5-3-10/h2-8H,1H3,(H2,18,22). The van der Waals surface area contributed by atoms with Crippen LogP contribution in [0.5, 0.6) is 0 Å². The van der Waals surface area contributed by atoms with Crippen LogP contribution in [-0.4, -0.2) is 22.7 Å². The van der Waals surface area contributed by atoms with Crippen molar-refractivity contribution in [1.29, 1.82) is 0 Å². The van der Waals surface area contributed by atoms with Crippen LogP contribution in [0.4, 0.5) is 4.79 Å². The average molecular weight is 374 g/mol. The van der Waals surface area contributed by atoms with Gasteiger partial charge in [0.05, 0.1) is 11.3 Å².